The number of aromatic nitrogens is 5. The lowest BCUT2D eigenvalue weighted by molar-refractivity contribution is -0.00449. The van der Waals surface area contributed by atoms with Crippen molar-refractivity contribution in [3.63, 3.8) is 0 Å². The Hall–Kier alpha value is -3.68. The summed E-state index contributed by atoms with van der Waals surface area (Å²) in [5, 5.41) is 7.44. The van der Waals surface area contributed by atoms with Crippen molar-refractivity contribution in [3.05, 3.63) is 11.3 Å². The van der Waals surface area contributed by atoms with Gasteiger partial charge >= 0.3 is 12.2 Å². The highest BCUT2D eigenvalue weighted by molar-refractivity contribution is 6.34. The minimum atomic E-state index is -1.81. The molecule has 15 heteroatoms. The number of hydrogen-bond acceptors (Lipinski definition) is 11. The molecule has 0 spiro atoms. The fraction of sp³-hybridized carbons (Fsp3) is 0.565. The monoisotopic (exact) mass is 555 g/mol. The average Bonchev–Trinajstić information content (AvgIpc) is 3.38. The highest BCUT2D eigenvalue weighted by atomic mass is 35.5. The fourth-order valence-electron chi connectivity index (χ4n) is 3.32. The first-order valence-electron chi connectivity index (χ1n) is 11.7. The van der Waals surface area contributed by atoms with E-state index in [0.29, 0.717) is 22.8 Å². The van der Waals surface area contributed by atoms with E-state index in [9.17, 15) is 9.59 Å². The number of rotatable bonds is 7. The lowest BCUT2D eigenvalue weighted by atomic mass is 10.2. The van der Waals surface area contributed by atoms with Gasteiger partial charge in [0.15, 0.2) is 34.4 Å². The molecule has 3 heterocycles. The summed E-state index contributed by atoms with van der Waals surface area (Å²) in [6.07, 6.45) is -2.58. The maximum Gasteiger partial charge on any atom is 0.419 e. The van der Waals surface area contributed by atoms with Gasteiger partial charge in [0.25, 0.3) is 0 Å². The Bertz CT molecular complexity index is 1290. The molecule has 3 aromatic heterocycles. The second kappa shape index (κ2) is 11.0. The van der Waals surface area contributed by atoms with E-state index < -0.39 is 42.7 Å². The Balaban J connectivity index is 1.85. The molecule has 0 aliphatic rings. The molecule has 0 aliphatic heterocycles. The van der Waals surface area contributed by atoms with E-state index in [1.165, 1.54) is 6.20 Å². The summed E-state index contributed by atoms with van der Waals surface area (Å²) in [5.41, 5.74) is 4.87. The van der Waals surface area contributed by atoms with Crippen LogP contribution in [0.5, 0.6) is 5.75 Å². The zero-order chi connectivity index (χ0) is 28.4. The molecular formula is C23H31ClFN7O6. The van der Waals surface area contributed by atoms with Gasteiger partial charge < -0.3 is 24.5 Å². The number of alkyl halides is 1. The number of fused-ring (bicyclic) bond motifs is 1. The molecular weight excluding hydrogens is 525 g/mol. The Labute approximate surface area is 223 Å². The predicted molar refractivity (Wildman–Crippen MR) is 135 cm³/mol. The first-order chi connectivity index (χ1) is 17.6. The van der Waals surface area contributed by atoms with Crippen LogP contribution in [0.15, 0.2) is 10.8 Å². The van der Waals surface area contributed by atoms with Gasteiger partial charge in [0.2, 0.25) is 0 Å². The number of imidazole rings is 1. The fourth-order valence-corrected chi connectivity index (χ4v) is 3.50. The van der Waals surface area contributed by atoms with Crippen LogP contribution in [-0.4, -0.2) is 72.5 Å². The molecule has 2 amide bonds. The van der Waals surface area contributed by atoms with E-state index in [1.807, 2.05) is 6.92 Å². The van der Waals surface area contributed by atoms with E-state index in [1.54, 1.807) is 46.1 Å². The Morgan fingerprint density at radius 1 is 1.16 bits per heavy atom. The molecule has 0 radical (unpaired) electrons. The van der Waals surface area contributed by atoms with E-state index >= 15 is 4.39 Å². The van der Waals surface area contributed by atoms with Crippen molar-refractivity contribution in [2.75, 3.05) is 18.9 Å². The Morgan fingerprint density at radius 2 is 1.76 bits per heavy atom. The largest absolute Gasteiger partial charge is 0.487 e. The normalized spacial score (nSPS) is 12.9. The number of anilines is 1. The van der Waals surface area contributed by atoms with Crippen LogP contribution in [0.1, 0.15) is 48.5 Å². The van der Waals surface area contributed by atoms with Crippen LogP contribution in [0.2, 0.25) is 5.15 Å². The van der Waals surface area contributed by atoms with Gasteiger partial charge in [0.05, 0.1) is 12.7 Å². The topological polar surface area (TPSA) is 161 Å². The quantitative estimate of drug-likeness (QED) is 0.405. The molecule has 0 aliphatic carbocycles. The summed E-state index contributed by atoms with van der Waals surface area (Å²) < 4.78 is 37.8. The first-order valence-corrected chi connectivity index (χ1v) is 12.1. The van der Waals surface area contributed by atoms with Crippen LogP contribution >= 0.6 is 11.6 Å². The Kier molecular flexibility index (Phi) is 8.34. The van der Waals surface area contributed by atoms with E-state index in [2.05, 4.69) is 24.9 Å². The third-order valence-corrected chi connectivity index (χ3v) is 5.04. The smallest absolute Gasteiger partial charge is 0.419 e. The predicted octanol–water partition coefficient (Wildman–Crippen LogP) is 4.63. The molecule has 0 bridgehead atoms. The van der Waals surface area contributed by atoms with Gasteiger partial charge in [-0.1, -0.05) is 11.6 Å². The summed E-state index contributed by atoms with van der Waals surface area (Å²) in [6, 6.07) is 0. The standard InChI is InChI=1S/C23H31ClFN7O6/c1-8-31-16-13(9-27-17(24)14(16)28-19(31)15-18(26)30-38-29-15)35-11-12(25)10-32(20(33)36-22(2,3)4)21(34)37-23(5,6)7/h9,12H,8,10-11H2,1-7H3,(H2,26,30). The van der Waals surface area contributed by atoms with Gasteiger partial charge in [0.1, 0.15) is 28.8 Å². The number of nitrogens with two attached hydrogens (primary N) is 1. The third kappa shape index (κ3) is 6.79. The number of halogens is 2. The van der Waals surface area contributed by atoms with E-state index in [4.69, 9.17) is 31.5 Å². The van der Waals surface area contributed by atoms with Crippen LogP contribution in [0, 0.1) is 0 Å². The summed E-state index contributed by atoms with van der Waals surface area (Å²) >= 11 is 6.26. The molecule has 0 saturated carbocycles. The van der Waals surface area contributed by atoms with Gasteiger partial charge in [-0.05, 0) is 58.8 Å². The second-order valence-electron chi connectivity index (χ2n) is 10.3. The number of aryl methyl sites for hydroxylation is 1. The first kappa shape index (κ1) is 28.9. The van der Waals surface area contributed by atoms with Crippen LogP contribution < -0.4 is 10.5 Å². The minimum Gasteiger partial charge on any atom is -0.487 e. The molecule has 2 N–H and O–H groups in total. The van der Waals surface area contributed by atoms with Gasteiger partial charge in [-0.3, -0.25) is 0 Å². The lowest BCUT2D eigenvalue weighted by Crippen LogP contribution is -2.46. The van der Waals surface area contributed by atoms with Gasteiger partial charge in [-0.15, -0.1) is 0 Å². The van der Waals surface area contributed by atoms with Crippen molar-refractivity contribution >= 4 is 40.6 Å². The zero-order valence-electron chi connectivity index (χ0n) is 22.2. The van der Waals surface area contributed by atoms with Crippen molar-refractivity contribution in [2.24, 2.45) is 0 Å². The Morgan fingerprint density at radius 3 is 2.26 bits per heavy atom. The summed E-state index contributed by atoms with van der Waals surface area (Å²) in [5.74, 6) is 0.484. The molecule has 3 aromatic rings. The number of ether oxygens (including phenoxy) is 3. The number of carbonyl (C=O) groups is 2. The van der Waals surface area contributed by atoms with Crippen molar-refractivity contribution in [2.45, 2.75) is 72.4 Å². The number of nitrogens with zero attached hydrogens (tertiary/aromatic N) is 6. The van der Waals surface area contributed by atoms with Crippen molar-refractivity contribution in [1.82, 2.24) is 29.7 Å². The highest BCUT2D eigenvalue weighted by Gasteiger charge is 2.33. The van der Waals surface area contributed by atoms with Gasteiger partial charge in [0, 0.05) is 6.54 Å². The molecule has 3 rings (SSSR count). The van der Waals surface area contributed by atoms with Gasteiger partial charge in [-0.25, -0.2) is 33.5 Å². The van der Waals surface area contributed by atoms with Crippen molar-refractivity contribution < 1.29 is 32.8 Å². The lowest BCUT2D eigenvalue weighted by Gasteiger charge is -2.29. The summed E-state index contributed by atoms with van der Waals surface area (Å²) in [4.78, 5) is 34.4. The number of amides is 2. The molecule has 208 valence electrons. The molecule has 1 atom stereocenters. The van der Waals surface area contributed by atoms with E-state index in [-0.39, 0.29) is 27.9 Å². The van der Waals surface area contributed by atoms with Crippen LogP contribution in [0.3, 0.4) is 0 Å². The zero-order valence-corrected chi connectivity index (χ0v) is 23.0. The number of hydrogen-bond donors (Lipinski definition) is 1. The maximum atomic E-state index is 15.2. The number of imide groups is 1. The molecule has 0 fully saturated rings. The average molecular weight is 556 g/mol. The van der Waals surface area contributed by atoms with Crippen molar-refractivity contribution in [3.8, 4) is 17.3 Å². The summed E-state index contributed by atoms with van der Waals surface area (Å²) in [7, 11) is 0. The number of pyridine rings is 1. The van der Waals surface area contributed by atoms with E-state index in [0.717, 1.165) is 0 Å². The van der Waals surface area contributed by atoms with Crippen LogP contribution in [0.25, 0.3) is 22.6 Å². The molecule has 0 aromatic carbocycles. The number of carbonyl (C=O) groups excluding carboxylic acids is 2. The molecule has 38 heavy (non-hydrogen) atoms. The molecule has 13 nitrogen and oxygen atoms in total. The van der Waals surface area contributed by atoms with Gasteiger partial charge in [-0.2, -0.15) is 0 Å². The maximum absolute atomic E-state index is 15.2. The SMILES string of the molecule is CCn1c(-c2nonc2N)nc2c(Cl)ncc(OCC(F)CN(C(=O)OC(C)(C)C)C(=O)OC(C)(C)C)c21. The van der Waals surface area contributed by atoms with Crippen molar-refractivity contribution in [1.29, 1.82) is 0 Å². The summed E-state index contributed by atoms with van der Waals surface area (Å²) in [6.45, 7) is 10.8. The highest BCUT2D eigenvalue weighted by Crippen LogP contribution is 2.34. The molecule has 0 saturated heterocycles. The molecule has 1 unspecified atom stereocenters. The van der Waals surface area contributed by atoms with Crippen LogP contribution in [-0.2, 0) is 16.0 Å². The minimum absolute atomic E-state index is 0.0229. The third-order valence-electron chi connectivity index (χ3n) is 4.76. The second-order valence-corrected chi connectivity index (χ2v) is 10.6. The number of nitrogen functional groups attached to an aromatic ring is 1. The van der Waals surface area contributed by atoms with Crippen LogP contribution in [0.4, 0.5) is 19.8 Å².